The number of hydrogen-bond acceptors (Lipinski definition) is 3. The molecule has 0 aromatic rings. The Balaban J connectivity index is 3.91. The maximum atomic E-state index is 5.70. The maximum absolute atomic E-state index is 5.70. The van der Waals surface area contributed by atoms with Gasteiger partial charge in [-0.05, 0) is 32.2 Å². The van der Waals surface area contributed by atoms with Gasteiger partial charge >= 0.3 is 0 Å². The first-order valence-electron chi connectivity index (χ1n) is 4.82. The minimum atomic E-state index is 0.238. The highest BCUT2D eigenvalue weighted by atomic mass is 32.2. The second-order valence-corrected chi connectivity index (χ2v) is 5.50. The van der Waals surface area contributed by atoms with Crippen molar-refractivity contribution in [2.45, 2.75) is 26.8 Å². The Labute approximate surface area is 87.2 Å². The average molecular weight is 204 g/mol. The summed E-state index contributed by atoms with van der Waals surface area (Å²) in [7, 11) is 2.18. The van der Waals surface area contributed by atoms with E-state index in [9.17, 15) is 0 Å². The van der Waals surface area contributed by atoms with Crippen molar-refractivity contribution in [1.29, 1.82) is 0 Å². The van der Waals surface area contributed by atoms with Crippen LogP contribution in [0.2, 0.25) is 0 Å². The lowest BCUT2D eigenvalue weighted by atomic mass is 9.93. The normalized spacial score (nSPS) is 15.0. The van der Waals surface area contributed by atoms with Crippen LogP contribution in [0.4, 0.5) is 0 Å². The van der Waals surface area contributed by atoms with Crippen LogP contribution in [0, 0.1) is 5.41 Å². The topological polar surface area (TPSA) is 29.3 Å². The molecule has 2 N–H and O–H groups in total. The summed E-state index contributed by atoms with van der Waals surface area (Å²) in [5.41, 5.74) is 5.93. The zero-order chi connectivity index (χ0) is 10.5. The molecule has 2 nitrogen and oxygen atoms in total. The van der Waals surface area contributed by atoms with Crippen LogP contribution in [-0.2, 0) is 0 Å². The monoisotopic (exact) mass is 204 g/mol. The molecule has 0 bridgehead atoms. The Hall–Kier alpha value is 0.270. The molecular weight excluding hydrogens is 180 g/mol. The van der Waals surface area contributed by atoms with Crippen molar-refractivity contribution in [2.75, 3.05) is 32.1 Å². The van der Waals surface area contributed by atoms with E-state index < -0.39 is 0 Å². The number of thioether (sulfide) groups is 1. The number of hydrogen-bond donors (Lipinski definition) is 1. The first-order valence-corrected chi connectivity index (χ1v) is 6.21. The largest absolute Gasteiger partial charge is 0.330 e. The molecule has 0 aliphatic heterocycles. The average Bonchev–Trinajstić information content (AvgIpc) is 2.04. The summed E-state index contributed by atoms with van der Waals surface area (Å²) in [5, 5.41) is 0. The zero-order valence-corrected chi connectivity index (χ0v) is 10.4. The van der Waals surface area contributed by atoms with E-state index in [4.69, 9.17) is 5.73 Å². The Kier molecular flexibility index (Phi) is 6.01. The van der Waals surface area contributed by atoms with Gasteiger partial charge in [0.15, 0.2) is 0 Å². The highest BCUT2D eigenvalue weighted by Gasteiger charge is 2.20. The molecule has 0 amide bonds. The van der Waals surface area contributed by atoms with E-state index in [0.29, 0.717) is 6.04 Å². The maximum Gasteiger partial charge on any atom is 0.0155 e. The van der Waals surface area contributed by atoms with Gasteiger partial charge in [-0.2, -0.15) is 11.8 Å². The molecule has 3 heteroatoms. The van der Waals surface area contributed by atoms with E-state index >= 15 is 0 Å². The quantitative estimate of drug-likeness (QED) is 0.713. The second-order valence-electron chi connectivity index (χ2n) is 4.59. The molecule has 0 aromatic heterocycles. The molecule has 0 rings (SSSR count). The standard InChI is InChI=1S/C10H24N2S/c1-9(6-13-5)12(4)8-10(2,3)7-11/h9H,6-8,11H2,1-5H3. The minimum absolute atomic E-state index is 0.238. The molecule has 0 aliphatic carbocycles. The van der Waals surface area contributed by atoms with E-state index in [2.05, 4.69) is 39.0 Å². The van der Waals surface area contributed by atoms with Gasteiger partial charge < -0.3 is 10.6 Å². The minimum Gasteiger partial charge on any atom is -0.330 e. The molecule has 0 saturated heterocycles. The van der Waals surface area contributed by atoms with Gasteiger partial charge in [-0.15, -0.1) is 0 Å². The van der Waals surface area contributed by atoms with Gasteiger partial charge in [0.2, 0.25) is 0 Å². The van der Waals surface area contributed by atoms with Crippen LogP contribution in [0.1, 0.15) is 20.8 Å². The summed E-state index contributed by atoms with van der Waals surface area (Å²) in [6, 6.07) is 0.640. The molecule has 1 unspecified atom stereocenters. The third-order valence-electron chi connectivity index (χ3n) is 2.39. The van der Waals surface area contributed by atoms with E-state index in [-0.39, 0.29) is 5.41 Å². The molecule has 13 heavy (non-hydrogen) atoms. The molecule has 0 radical (unpaired) electrons. The Morgan fingerprint density at radius 2 is 2.00 bits per heavy atom. The van der Waals surface area contributed by atoms with Gasteiger partial charge in [0, 0.05) is 18.3 Å². The van der Waals surface area contributed by atoms with Gasteiger partial charge in [-0.25, -0.2) is 0 Å². The summed E-state index contributed by atoms with van der Waals surface area (Å²) < 4.78 is 0. The summed E-state index contributed by atoms with van der Waals surface area (Å²) in [6.45, 7) is 8.53. The fraction of sp³-hybridized carbons (Fsp3) is 1.00. The van der Waals surface area contributed by atoms with Crippen LogP contribution in [0.25, 0.3) is 0 Å². The van der Waals surface area contributed by atoms with E-state index in [1.54, 1.807) is 0 Å². The van der Waals surface area contributed by atoms with Crippen LogP contribution < -0.4 is 5.73 Å². The van der Waals surface area contributed by atoms with Crippen molar-refractivity contribution in [2.24, 2.45) is 11.1 Å². The number of nitrogens with two attached hydrogens (primary N) is 1. The predicted octanol–water partition coefficient (Wildman–Crippen LogP) is 1.65. The highest BCUT2D eigenvalue weighted by Crippen LogP contribution is 2.16. The third kappa shape index (κ3) is 5.55. The first kappa shape index (κ1) is 13.3. The van der Waals surface area contributed by atoms with Crippen molar-refractivity contribution in [3.05, 3.63) is 0 Å². The Bertz CT molecular complexity index is 137. The smallest absolute Gasteiger partial charge is 0.0155 e. The Morgan fingerprint density at radius 1 is 1.46 bits per heavy atom. The van der Waals surface area contributed by atoms with Crippen LogP contribution >= 0.6 is 11.8 Å². The molecule has 0 aromatic carbocycles. The van der Waals surface area contributed by atoms with Gasteiger partial charge in [-0.3, -0.25) is 0 Å². The zero-order valence-electron chi connectivity index (χ0n) is 9.63. The van der Waals surface area contributed by atoms with Gasteiger partial charge in [0.25, 0.3) is 0 Å². The van der Waals surface area contributed by atoms with Gasteiger partial charge in [-0.1, -0.05) is 13.8 Å². The second kappa shape index (κ2) is 5.89. The van der Waals surface area contributed by atoms with E-state index in [1.165, 1.54) is 5.75 Å². The summed E-state index contributed by atoms with van der Waals surface area (Å²) in [4.78, 5) is 2.39. The lowest BCUT2D eigenvalue weighted by molar-refractivity contribution is 0.184. The van der Waals surface area contributed by atoms with Crippen LogP contribution in [-0.4, -0.2) is 43.1 Å². The molecule has 0 saturated carbocycles. The summed E-state index contributed by atoms with van der Waals surface area (Å²) >= 11 is 1.90. The van der Waals surface area contributed by atoms with Gasteiger partial charge in [0.05, 0.1) is 0 Å². The van der Waals surface area contributed by atoms with Gasteiger partial charge in [0.1, 0.15) is 0 Å². The molecule has 0 heterocycles. The van der Waals surface area contributed by atoms with Crippen molar-refractivity contribution < 1.29 is 0 Å². The van der Waals surface area contributed by atoms with Crippen molar-refractivity contribution in [1.82, 2.24) is 4.90 Å². The SMILES string of the molecule is CSCC(C)N(C)CC(C)(C)CN. The van der Waals surface area contributed by atoms with E-state index in [0.717, 1.165) is 13.1 Å². The Morgan fingerprint density at radius 3 is 2.38 bits per heavy atom. The summed E-state index contributed by atoms with van der Waals surface area (Å²) in [5.74, 6) is 1.19. The summed E-state index contributed by atoms with van der Waals surface area (Å²) in [6.07, 6.45) is 2.15. The first-order chi connectivity index (χ1) is 5.93. The van der Waals surface area contributed by atoms with E-state index in [1.807, 2.05) is 11.8 Å². The third-order valence-corrected chi connectivity index (χ3v) is 3.21. The fourth-order valence-corrected chi connectivity index (χ4v) is 2.00. The molecule has 0 aliphatic rings. The lowest BCUT2D eigenvalue weighted by Crippen LogP contribution is -2.41. The molecule has 0 fully saturated rings. The van der Waals surface area contributed by atoms with Crippen LogP contribution in [0.15, 0.2) is 0 Å². The lowest BCUT2D eigenvalue weighted by Gasteiger charge is -2.32. The molecule has 0 spiro atoms. The number of rotatable bonds is 6. The predicted molar refractivity (Wildman–Crippen MR) is 63.3 cm³/mol. The van der Waals surface area contributed by atoms with Crippen LogP contribution in [0.5, 0.6) is 0 Å². The molecule has 1 atom stereocenters. The van der Waals surface area contributed by atoms with Crippen molar-refractivity contribution >= 4 is 11.8 Å². The van der Waals surface area contributed by atoms with Crippen molar-refractivity contribution in [3.63, 3.8) is 0 Å². The molecular formula is C10H24N2S. The van der Waals surface area contributed by atoms with Crippen LogP contribution in [0.3, 0.4) is 0 Å². The molecule has 80 valence electrons. The number of nitrogens with zero attached hydrogens (tertiary/aromatic N) is 1. The fourth-order valence-electron chi connectivity index (χ4n) is 1.26. The highest BCUT2D eigenvalue weighted by molar-refractivity contribution is 7.98. The van der Waals surface area contributed by atoms with Crippen molar-refractivity contribution in [3.8, 4) is 0 Å².